The van der Waals surface area contributed by atoms with E-state index in [4.69, 9.17) is 42.7 Å². The number of oxime groups is 1. The van der Waals surface area contributed by atoms with Crippen molar-refractivity contribution in [2.75, 3.05) is 27.8 Å². The Kier molecular flexibility index (Phi) is 16.5. The molecule has 0 aromatic carbocycles. The van der Waals surface area contributed by atoms with Gasteiger partial charge in [0, 0.05) is 56.7 Å². The molecule has 0 amide bonds. The van der Waals surface area contributed by atoms with Gasteiger partial charge >= 0.3 is 24.1 Å². The van der Waals surface area contributed by atoms with E-state index < -0.39 is 95.7 Å². The van der Waals surface area contributed by atoms with Crippen LogP contribution in [0.25, 0.3) is 6.08 Å². The minimum atomic E-state index is -1.45. The Bertz CT molecular complexity index is 1660. The molecule has 0 bridgehead atoms. The lowest BCUT2D eigenvalue weighted by Gasteiger charge is -2.49. The molecule has 3 fully saturated rings. The number of methoxy groups -OCH3 is 1. The number of fused-ring (bicyclic) bond motifs is 1. The molecule has 0 aliphatic carbocycles. The van der Waals surface area contributed by atoms with Gasteiger partial charge in [0.1, 0.15) is 12.4 Å². The maximum absolute atomic E-state index is 14.5. The van der Waals surface area contributed by atoms with Crippen LogP contribution in [-0.2, 0) is 57.1 Å². The van der Waals surface area contributed by atoms with Crippen LogP contribution in [0.3, 0.4) is 0 Å². The summed E-state index contributed by atoms with van der Waals surface area (Å²) in [6.07, 6.45) is 2.49. The number of ether oxygens (including phenoxy) is 8. The molecule has 0 unspecified atom stereocenters. The normalized spacial score (nSPS) is 37.9. The molecule has 17 nitrogen and oxygen atoms in total. The number of esters is 2. The zero-order valence-electron chi connectivity index (χ0n) is 36.7. The number of aromatic nitrogens is 2. The molecule has 330 valence electrons. The van der Waals surface area contributed by atoms with Crippen LogP contribution in [0, 0.1) is 23.7 Å². The highest BCUT2D eigenvalue weighted by Crippen LogP contribution is 2.43. The summed E-state index contributed by atoms with van der Waals surface area (Å²) in [4.78, 5) is 67.5. The van der Waals surface area contributed by atoms with Crippen LogP contribution in [0.2, 0.25) is 0 Å². The van der Waals surface area contributed by atoms with Gasteiger partial charge in [-0.25, -0.2) is 19.6 Å². The minimum Gasteiger partial charge on any atom is -0.458 e. The Morgan fingerprint density at radius 2 is 1.68 bits per heavy atom. The number of nitrogens with zero attached hydrogens (tertiary/aromatic N) is 4. The summed E-state index contributed by atoms with van der Waals surface area (Å²) in [6, 6.07) is -0.262. The molecule has 1 aromatic heterocycles. The molecule has 17 heteroatoms. The number of carbonyl (C=O) groups excluding carboxylic acids is 4. The maximum Gasteiger partial charge on any atom is 0.509 e. The van der Waals surface area contributed by atoms with Crippen molar-refractivity contribution in [3.05, 3.63) is 30.4 Å². The van der Waals surface area contributed by atoms with E-state index in [-0.39, 0.29) is 31.6 Å². The second-order valence-electron chi connectivity index (χ2n) is 16.7. The third-order valence-electron chi connectivity index (χ3n) is 11.8. The molecule has 0 spiro atoms. The van der Waals surface area contributed by atoms with E-state index in [0.29, 0.717) is 12.1 Å². The van der Waals surface area contributed by atoms with Crippen molar-refractivity contribution >= 4 is 35.9 Å². The molecule has 1 aromatic rings. The Hall–Kier alpha value is -4.03. The molecule has 14 atom stereocenters. The summed E-state index contributed by atoms with van der Waals surface area (Å²) in [5.74, 6) is -4.55. The van der Waals surface area contributed by atoms with Crippen LogP contribution in [0.15, 0.2) is 30.0 Å². The van der Waals surface area contributed by atoms with Gasteiger partial charge in [-0.05, 0) is 61.1 Å². The third-order valence-corrected chi connectivity index (χ3v) is 11.8. The van der Waals surface area contributed by atoms with Crippen LogP contribution < -0.4 is 0 Å². The van der Waals surface area contributed by atoms with Crippen molar-refractivity contribution < 1.29 is 61.9 Å². The molecule has 3 aliphatic heterocycles. The lowest BCUT2D eigenvalue weighted by molar-refractivity contribution is -0.304. The van der Waals surface area contributed by atoms with Crippen LogP contribution >= 0.6 is 0 Å². The zero-order chi connectivity index (χ0) is 43.8. The SMILES string of the molecule is CC[C@H]1OC(=O)[C@H](C)[C@@H](OC/C=C/c2cncnc2)[C@H](C)[C@@H](O[C@@H]2O[C@H](C)C[C@H](N(C)C)[C@H]2OC(C)=O)[C@](C)(OC)C[C@@H](C)/C(=N\OC(C)=O)[C@H](C)[C@H]2OC(=O)O[C@@]21C. The van der Waals surface area contributed by atoms with Crippen LogP contribution in [0.4, 0.5) is 4.79 Å². The maximum atomic E-state index is 14.5. The van der Waals surface area contributed by atoms with Crippen LogP contribution in [0.5, 0.6) is 0 Å². The average Bonchev–Trinajstić information content (AvgIpc) is 3.49. The lowest BCUT2D eigenvalue weighted by atomic mass is 9.73. The van der Waals surface area contributed by atoms with E-state index in [1.807, 2.05) is 59.7 Å². The molecule has 0 N–H and O–H groups in total. The number of hydrogen-bond donors (Lipinski definition) is 0. The standard InChI is InChI=1S/C42H64N4O13/c1-14-32-42(10)37(57-40(50)58-42)25(4)33(45-59-29(8)48)23(2)19-41(9,51-13)36(56-39-35(54-28(7)47)31(46(11)12)18-24(3)53-39)26(5)34(27(6)38(49)55-32)52-17-15-16-30-20-43-22-44-21-30/h15-16,20-27,31-32,34-37,39H,14,17-19H2,1-13H3/b16-15+,45-33+/t23-,24-,25+,26+,27-,31+,32-,34+,35-,36-,37-,39+,41-,42-/m1/s1. The fourth-order valence-electron chi connectivity index (χ4n) is 8.84. The van der Waals surface area contributed by atoms with E-state index in [0.717, 1.165) is 5.56 Å². The first-order valence-corrected chi connectivity index (χ1v) is 20.3. The average molecular weight is 833 g/mol. The third kappa shape index (κ3) is 11.4. The van der Waals surface area contributed by atoms with Crippen molar-refractivity contribution in [3.8, 4) is 0 Å². The van der Waals surface area contributed by atoms with E-state index in [2.05, 4.69) is 15.1 Å². The molecule has 4 heterocycles. The first-order chi connectivity index (χ1) is 27.8. The van der Waals surface area contributed by atoms with Gasteiger partial charge in [0.15, 0.2) is 24.1 Å². The molecule has 0 saturated carbocycles. The molecule has 0 radical (unpaired) electrons. The molecule has 4 rings (SSSR count). The van der Waals surface area contributed by atoms with Gasteiger partial charge in [-0.15, -0.1) is 0 Å². The fourth-order valence-corrected chi connectivity index (χ4v) is 8.84. The highest BCUT2D eigenvalue weighted by atomic mass is 16.8. The van der Waals surface area contributed by atoms with Gasteiger partial charge in [-0.3, -0.25) is 9.59 Å². The Labute approximate surface area is 347 Å². The number of cyclic esters (lactones) is 1. The molecule has 3 saturated heterocycles. The number of likely N-dealkylation sites (N-methyl/N-ethyl adjacent to an activating group) is 1. The Balaban J connectivity index is 1.92. The van der Waals surface area contributed by atoms with Gasteiger partial charge in [-0.1, -0.05) is 45.0 Å². The molecule has 3 aliphatic rings. The Morgan fingerprint density at radius 3 is 2.27 bits per heavy atom. The first kappa shape index (κ1) is 47.6. The Morgan fingerprint density at radius 1 is 1.00 bits per heavy atom. The summed E-state index contributed by atoms with van der Waals surface area (Å²) >= 11 is 0. The second-order valence-corrected chi connectivity index (χ2v) is 16.7. The topological polar surface area (TPSA) is 193 Å². The highest BCUT2D eigenvalue weighted by molar-refractivity contribution is 5.90. The summed E-state index contributed by atoms with van der Waals surface area (Å²) in [6.45, 7) is 17.2. The smallest absolute Gasteiger partial charge is 0.458 e. The van der Waals surface area contributed by atoms with E-state index in [1.165, 1.54) is 20.2 Å². The van der Waals surface area contributed by atoms with Gasteiger partial charge < -0.3 is 47.6 Å². The van der Waals surface area contributed by atoms with E-state index >= 15 is 0 Å². The summed E-state index contributed by atoms with van der Waals surface area (Å²) in [5.41, 5.74) is -1.56. The quantitative estimate of drug-likeness (QED) is 0.123. The van der Waals surface area contributed by atoms with Gasteiger partial charge in [0.05, 0.1) is 48.2 Å². The predicted octanol–water partition coefficient (Wildman–Crippen LogP) is 5.15. The minimum absolute atomic E-state index is 0.0727. The van der Waals surface area contributed by atoms with Gasteiger partial charge in [0.2, 0.25) is 0 Å². The summed E-state index contributed by atoms with van der Waals surface area (Å²) in [7, 11) is 5.36. The number of hydrogen-bond acceptors (Lipinski definition) is 17. The number of rotatable bonds is 11. The summed E-state index contributed by atoms with van der Waals surface area (Å²) < 4.78 is 50.4. The predicted molar refractivity (Wildman–Crippen MR) is 213 cm³/mol. The largest absolute Gasteiger partial charge is 0.509 e. The van der Waals surface area contributed by atoms with Crippen LogP contribution in [0.1, 0.15) is 94.1 Å². The van der Waals surface area contributed by atoms with E-state index in [9.17, 15) is 19.2 Å². The van der Waals surface area contributed by atoms with E-state index in [1.54, 1.807) is 46.4 Å². The fraction of sp³-hybridized carbons (Fsp3) is 0.738. The van der Waals surface area contributed by atoms with Gasteiger partial charge in [0.25, 0.3) is 0 Å². The first-order valence-electron chi connectivity index (χ1n) is 20.3. The molecular weight excluding hydrogens is 768 g/mol. The monoisotopic (exact) mass is 832 g/mol. The van der Waals surface area contributed by atoms with Crippen molar-refractivity contribution in [2.24, 2.45) is 28.8 Å². The van der Waals surface area contributed by atoms with Gasteiger partial charge in [-0.2, -0.15) is 0 Å². The highest BCUT2D eigenvalue weighted by Gasteiger charge is 2.59. The van der Waals surface area contributed by atoms with Crippen molar-refractivity contribution in [1.29, 1.82) is 0 Å². The van der Waals surface area contributed by atoms with Crippen molar-refractivity contribution in [1.82, 2.24) is 14.9 Å². The van der Waals surface area contributed by atoms with Crippen molar-refractivity contribution in [2.45, 2.75) is 149 Å². The second kappa shape index (κ2) is 20.5. The zero-order valence-corrected chi connectivity index (χ0v) is 36.7. The summed E-state index contributed by atoms with van der Waals surface area (Å²) in [5, 5.41) is 4.33. The number of carbonyl (C=O) groups is 4. The molecule has 59 heavy (non-hydrogen) atoms. The molecular formula is C42H64N4O13. The van der Waals surface area contributed by atoms with Crippen LogP contribution in [-0.4, -0.2) is 133 Å². The lowest BCUT2D eigenvalue weighted by Crippen LogP contribution is -2.61. The van der Waals surface area contributed by atoms with Crippen molar-refractivity contribution in [3.63, 3.8) is 0 Å².